The van der Waals surface area contributed by atoms with Gasteiger partial charge in [0.15, 0.2) is 5.75 Å². The first kappa shape index (κ1) is 27.6. The average molecular weight is 486 g/mol. The lowest BCUT2D eigenvalue weighted by molar-refractivity contribution is -0.142. The van der Waals surface area contributed by atoms with Crippen molar-refractivity contribution in [1.29, 1.82) is 0 Å². The Balaban J connectivity index is 0.000000920. The summed E-state index contributed by atoms with van der Waals surface area (Å²) in [6.07, 6.45) is -0.656. The summed E-state index contributed by atoms with van der Waals surface area (Å²) in [5.41, 5.74) is -6.51. The van der Waals surface area contributed by atoms with Crippen molar-refractivity contribution in [2.45, 2.75) is 52.1 Å². The molecule has 0 unspecified atom stereocenters. The van der Waals surface area contributed by atoms with Crippen LogP contribution in [0, 0.1) is 18.6 Å². The number of benzene rings is 2. The number of halogens is 5. The summed E-state index contributed by atoms with van der Waals surface area (Å²) in [5, 5.41) is 7.59. The standard InChI is InChI=1S/C16H13F5O5S.C4H10O/c1-3-25-14(22)7-10-8(2)4-11-12(5-9(17)6-13(11)18)15(10)26-27(23,24)16(19,20)21;1-4(2,3)5/h4-6H,3,7H2,1-2H3;5H,1-3H3. The number of aliphatic hydroxyl groups is 1. The molecule has 0 atom stereocenters. The number of ether oxygens (including phenoxy) is 1. The van der Waals surface area contributed by atoms with Crippen LogP contribution in [-0.2, 0) is 26.1 Å². The average Bonchev–Trinajstić information content (AvgIpc) is 2.56. The number of alkyl halides is 3. The first-order chi connectivity index (χ1) is 14.4. The SMILES string of the molecule is CC(C)(C)O.CCOC(=O)Cc1c(C)cc2c(F)cc(F)cc2c1OS(=O)(=O)C(F)(F)F. The van der Waals surface area contributed by atoms with Crippen LogP contribution in [0.1, 0.15) is 38.8 Å². The van der Waals surface area contributed by atoms with E-state index in [4.69, 9.17) is 9.84 Å². The molecule has 0 amide bonds. The summed E-state index contributed by atoms with van der Waals surface area (Å²) in [4.78, 5) is 11.8. The summed E-state index contributed by atoms with van der Waals surface area (Å²) in [7, 11) is -6.15. The number of carbonyl (C=O) groups excluding carboxylic acids is 1. The van der Waals surface area contributed by atoms with Gasteiger partial charge in [-0.2, -0.15) is 21.6 Å². The molecule has 1 N–H and O–H groups in total. The second kappa shape index (κ2) is 9.99. The molecule has 2 aromatic carbocycles. The van der Waals surface area contributed by atoms with E-state index in [0.29, 0.717) is 12.1 Å². The fourth-order valence-corrected chi connectivity index (χ4v) is 2.90. The molecule has 0 aromatic heterocycles. The number of hydrogen-bond acceptors (Lipinski definition) is 6. The molecular weight excluding hydrogens is 463 g/mol. The Morgan fingerprint density at radius 1 is 1.06 bits per heavy atom. The summed E-state index contributed by atoms with van der Waals surface area (Å²) in [6, 6.07) is 2.24. The molecule has 32 heavy (non-hydrogen) atoms. The van der Waals surface area contributed by atoms with Gasteiger partial charge in [-0.05, 0) is 52.3 Å². The molecule has 0 saturated heterocycles. The normalized spacial score (nSPS) is 12.2. The van der Waals surface area contributed by atoms with E-state index in [9.17, 15) is 35.2 Å². The van der Waals surface area contributed by atoms with Gasteiger partial charge in [0.2, 0.25) is 0 Å². The van der Waals surface area contributed by atoms with Gasteiger partial charge in [0.25, 0.3) is 0 Å². The van der Waals surface area contributed by atoms with E-state index in [2.05, 4.69) is 4.18 Å². The lowest BCUT2D eigenvalue weighted by Gasteiger charge is -2.17. The maximum Gasteiger partial charge on any atom is 0.534 e. The van der Waals surface area contributed by atoms with E-state index in [1.165, 1.54) is 13.8 Å². The third-order valence-electron chi connectivity index (χ3n) is 3.55. The van der Waals surface area contributed by atoms with Crippen molar-refractivity contribution in [2.75, 3.05) is 6.61 Å². The van der Waals surface area contributed by atoms with E-state index >= 15 is 0 Å². The summed E-state index contributed by atoms with van der Waals surface area (Å²) in [5.74, 6) is -4.16. The molecule has 0 aliphatic carbocycles. The van der Waals surface area contributed by atoms with Crippen LogP contribution in [0.2, 0.25) is 0 Å². The Bertz CT molecular complexity index is 1080. The second-order valence-electron chi connectivity index (χ2n) is 7.62. The number of fused-ring (bicyclic) bond motifs is 1. The molecule has 0 fully saturated rings. The van der Waals surface area contributed by atoms with Crippen LogP contribution in [0.15, 0.2) is 18.2 Å². The molecule has 6 nitrogen and oxygen atoms in total. The van der Waals surface area contributed by atoms with Crippen molar-refractivity contribution >= 4 is 26.9 Å². The number of rotatable bonds is 5. The predicted molar refractivity (Wildman–Crippen MR) is 107 cm³/mol. The molecule has 180 valence electrons. The molecule has 0 aliphatic heterocycles. The minimum atomic E-state index is -6.15. The van der Waals surface area contributed by atoms with Crippen molar-refractivity contribution in [3.05, 3.63) is 41.0 Å². The van der Waals surface area contributed by atoms with Crippen LogP contribution >= 0.6 is 0 Å². The fraction of sp³-hybridized carbons (Fsp3) is 0.450. The monoisotopic (exact) mass is 486 g/mol. The van der Waals surface area contributed by atoms with Crippen molar-refractivity contribution in [1.82, 2.24) is 0 Å². The van der Waals surface area contributed by atoms with Gasteiger partial charge in [-0.15, -0.1) is 0 Å². The second-order valence-corrected chi connectivity index (χ2v) is 9.16. The smallest absolute Gasteiger partial charge is 0.466 e. The minimum absolute atomic E-state index is 0.0360. The number of hydrogen-bond donors (Lipinski definition) is 1. The third kappa shape index (κ3) is 7.59. The third-order valence-corrected chi connectivity index (χ3v) is 4.51. The van der Waals surface area contributed by atoms with Crippen LogP contribution in [0.4, 0.5) is 22.0 Å². The van der Waals surface area contributed by atoms with Gasteiger partial charge in [-0.3, -0.25) is 4.79 Å². The highest BCUT2D eigenvalue weighted by molar-refractivity contribution is 7.88. The van der Waals surface area contributed by atoms with E-state index in [0.717, 1.165) is 6.07 Å². The molecule has 2 aromatic rings. The number of esters is 1. The Hall–Kier alpha value is -2.47. The zero-order valence-electron chi connectivity index (χ0n) is 17.9. The van der Waals surface area contributed by atoms with Gasteiger partial charge in [-0.25, -0.2) is 8.78 Å². The Morgan fingerprint density at radius 3 is 2.06 bits per heavy atom. The van der Waals surface area contributed by atoms with E-state index in [1.54, 1.807) is 20.8 Å². The van der Waals surface area contributed by atoms with Crippen molar-refractivity contribution in [3.63, 3.8) is 0 Å². The number of aryl methyl sites for hydroxylation is 1. The molecule has 2 rings (SSSR count). The first-order valence-corrected chi connectivity index (χ1v) is 10.6. The molecule has 0 aliphatic rings. The maximum atomic E-state index is 14.0. The zero-order chi connectivity index (χ0) is 25.1. The van der Waals surface area contributed by atoms with Crippen LogP contribution in [0.3, 0.4) is 0 Å². The van der Waals surface area contributed by atoms with Crippen LogP contribution in [0.25, 0.3) is 10.8 Å². The van der Waals surface area contributed by atoms with Gasteiger partial charge < -0.3 is 14.0 Å². The minimum Gasteiger partial charge on any atom is -0.466 e. The summed E-state index contributed by atoms with van der Waals surface area (Å²) < 4.78 is 97.7. The summed E-state index contributed by atoms with van der Waals surface area (Å²) >= 11 is 0. The predicted octanol–water partition coefficient (Wildman–Crippen LogP) is 4.54. The topological polar surface area (TPSA) is 89.9 Å². The maximum absolute atomic E-state index is 14.0. The van der Waals surface area contributed by atoms with Crippen LogP contribution in [-0.4, -0.2) is 37.2 Å². The molecule has 0 radical (unpaired) electrons. The largest absolute Gasteiger partial charge is 0.534 e. The molecular formula is C20H23F5O6S. The molecule has 0 heterocycles. The van der Waals surface area contributed by atoms with Gasteiger partial charge in [0, 0.05) is 22.4 Å². The molecule has 0 saturated carbocycles. The number of carbonyl (C=O) groups is 1. The highest BCUT2D eigenvalue weighted by atomic mass is 32.2. The lowest BCUT2D eigenvalue weighted by atomic mass is 9.97. The van der Waals surface area contributed by atoms with Gasteiger partial charge in [0.05, 0.1) is 18.6 Å². The molecule has 12 heteroatoms. The van der Waals surface area contributed by atoms with Crippen molar-refractivity contribution < 1.29 is 49.2 Å². The Labute approximate surface area is 182 Å². The summed E-state index contributed by atoms with van der Waals surface area (Å²) in [6.45, 7) is 7.99. The van der Waals surface area contributed by atoms with Crippen LogP contribution < -0.4 is 4.18 Å². The quantitative estimate of drug-likeness (QED) is 0.289. The molecule has 0 bridgehead atoms. The molecule has 0 spiro atoms. The fourth-order valence-electron chi connectivity index (χ4n) is 2.39. The lowest BCUT2D eigenvalue weighted by Crippen LogP contribution is -2.28. The zero-order valence-corrected chi connectivity index (χ0v) is 18.7. The first-order valence-electron chi connectivity index (χ1n) is 9.17. The highest BCUT2D eigenvalue weighted by Gasteiger charge is 2.49. The highest BCUT2D eigenvalue weighted by Crippen LogP contribution is 2.38. The van der Waals surface area contributed by atoms with Gasteiger partial charge >= 0.3 is 21.6 Å². The van der Waals surface area contributed by atoms with Crippen molar-refractivity contribution in [3.8, 4) is 5.75 Å². The Morgan fingerprint density at radius 2 is 1.59 bits per heavy atom. The van der Waals surface area contributed by atoms with Gasteiger partial charge in [-0.1, -0.05) is 0 Å². The van der Waals surface area contributed by atoms with Crippen LogP contribution in [0.5, 0.6) is 5.75 Å². The van der Waals surface area contributed by atoms with E-state index in [1.807, 2.05) is 0 Å². The Kier molecular flexibility index (Phi) is 8.60. The van der Waals surface area contributed by atoms with Gasteiger partial charge in [0.1, 0.15) is 11.6 Å². The van der Waals surface area contributed by atoms with Crippen molar-refractivity contribution in [2.24, 2.45) is 0 Å². The van der Waals surface area contributed by atoms with E-state index < -0.39 is 56.4 Å². The van der Waals surface area contributed by atoms with E-state index in [-0.39, 0.29) is 23.1 Å².